The summed E-state index contributed by atoms with van der Waals surface area (Å²) in [5.41, 5.74) is 0. The third-order valence-electron chi connectivity index (χ3n) is 2.04. The number of sulfone groups is 1. The van der Waals surface area contributed by atoms with E-state index < -0.39 is 9.84 Å². The molecule has 0 fully saturated rings. The molecule has 1 aromatic heterocycles. The molecule has 0 aliphatic rings. The largest absolute Gasteiger partial charge is 0.240 e. The molecule has 0 aliphatic carbocycles. The van der Waals surface area contributed by atoms with E-state index in [4.69, 9.17) is 0 Å². The van der Waals surface area contributed by atoms with Crippen molar-refractivity contribution < 1.29 is 8.42 Å². The zero-order chi connectivity index (χ0) is 11.4. The Morgan fingerprint density at radius 2 is 1.56 bits per heavy atom. The molecule has 0 unspecified atom stereocenters. The predicted molar refractivity (Wildman–Crippen MR) is 59.4 cm³/mol. The smallest absolute Gasteiger partial charge is 0.185 e. The van der Waals surface area contributed by atoms with Crippen molar-refractivity contribution >= 4 is 9.84 Å². The molecule has 2 aromatic rings. The minimum Gasteiger partial charge on any atom is -0.240 e. The van der Waals surface area contributed by atoms with Gasteiger partial charge in [-0.15, -0.1) is 0 Å². The number of hydrogen-bond acceptors (Lipinski definition) is 4. The fourth-order valence-corrected chi connectivity index (χ4v) is 2.51. The topological polar surface area (TPSA) is 59.9 Å². The molecule has 0 amide bonds. The highest BCUT2D eigenvalue weighted by Crippen LogP contribution is 2.13. The van der Waals surface area contributed by atoms with Crippen LogP contribution in [0.15, 0.2) is 53.7 Å². The van der Waals surface area contributed by atoms with E-state index in [0.29, 0.717) is 10.7 Å². The minimum atomic E-state index is -3.34. The highest BCUT2D eigenvalue weighted by atomic mass is 32.2. The van der Waals surface area contributed by atoms with Gasteiger partial charge in [-0.1, -0.05) is 18.2 Å². The molecule has 0 aliphatic heterocycles. The minimum absolute atomic E-state index is 0.169. The fraction of sp³-hybridized carbons (Fsp3) is 0.0909. The van der Waals surface area contributed by atoms with Crippen LogP contribution in [0.2, 0.25) is 0 Å². The standard InChI is InChI=1S/C11H10N2O2S/c14-16(15,10-5-2-1-3-6-10)9-11-12-7-4-8-13-11/h1-8H,9H2. The highest BCUT2D eigenvalue weighted by molar-refractivity contribution is 7.90. The number of aromatic nitrogens is 2. The first-order valence-electron chi connectivity index (χ1n) is 4.72. The van der Waals surface area contributed by atoms with Crippen LogP contribution in [0.25, 0.3) is 0 Å². The summed E-state index contributed by atoms with van der Waals surface area (Å²) in [4.78, 5) is 8.09. The van der Waals surface area contributed by atoms with Crippen molar-refractivity contribution in [2.75, 3.05) is 0 Å². The summed E-state index contributed by atoms with van der Waals surface area (Å²) in [7, 11) is -3.34. The second-order valence-corrected chi connectivity index (χ2v) is 5.23. The summed E-state index contributed by atoms with van der Waals surface area (Å²) in [6.07, 6.45) is 3.06. The molecule has 1 aromatic carbocycles. The lowest BCUT2D eigenvalue weighted by molar-refractivity contribution is 0.594. The van der Waals surface area contributed by atoms with Gasteiger partial charge in [0.25, 0.3) is 0 Å². The van der Waals surface area contributed by atoms with E-state index in [1.54, 1.807) is 36.4 Å². The second-order valence-electron chi connectivity index (χ2n) is 3.24. The summed E-state index contributed by atoms with van der Waals surface area (Å²) >= 11 is 0. The van der Waals surface area contributed by atoms with Crippen molar-refractivity contribution in [1.29, 1.82) is 0 Å². The summed E-state index contributed by atoms with van der Waals surface area (Å²) in [6, 6.07) is 9.95. The maximum atomic E-state index is 11.9. The summed E-state index contributed by atoms with van der Waals surface area (Å²) in [6.45, 7) is 0. The first-order valence-corrected chi connectivity index (χ1v) is 6.37. The van der Waals surface area contributed by atoms with Crippen LogP contribution in [0.4, 0.5) is 0 Å². The molecule has 4 nitrogen and oxygen atoms in total. The van der Waals surface area contributed by atoms with E-state index in [1.165, 1.54) is 12.4 Å². The monoisotopic (exact) mass is 234 g/mol. The Morgan fingerprint density at radius 3 is 2.19 bits per heavy atom. The average molecular weight is 234 g/mol. The van der Waals surface area contributed by atoms with Crippen molar-refractivity contribution in [3.8, 4) is 0 Å². The van der Waals surface area contributed by atoms with Crippen LogP contribution >= 0.6 is 0 Å². The molecular weight excluding hydrogens is 224 g/mol. The highest BCUT2D eigenvalue weighted by Gasteiger charge is 2.15. The molecular formula is C11H10N2O2S. The lowest BCUT2D eigenvalue weighted by atomic mass is 10.4. The van der Waals surface area contributed by atoms with Crippen LogP contribution in [0.1, 0.15) is 5.82 Å². The Balaban J connectivity index is 2.29. The molecule has 2 rings (SSSR count). The Hall–Kier alpha value is -1.75. The molecule has 0 atom stereocenters. The lowest BCUT2D eigenvalue weighted by Crippen LogP contribution is -2.07. The van der Waals surface area contributed by atoms with E-state index in [9.17, 15) is 8.42 Å². The van der Waals surface area contributed by atoms with Crippen LogP contribution in [-0.4, -0.2) is 18.4 Å². The van der Waals surface area contributed by atoms with Crippen molar-refractivity contribution in [3.63, 3.8) is 0 Å². The molecule has 0 N–H and O–H groups in total. The van der Waals surface area contributed by atoms with Gasteiger partial charge in [0.1, 0.15) is 11.6 Å². The van der Waals surface area contributed by atoms with Gasteiger partial charge in [0.15, 0.2) is 9.84 Å². The predicted octanol–water partition coefficient (Wildman–Crippen LogP) is 1.45. The Labute approximate surface area is 93.9 Å². The van der Waals surface area contributed by atoms with Gasteiger partial charge in [-0.3, -0.25) is 0 Å². The van der Waals surface area contributed by atoms with Gasteiger partial charge in [0, 0.05) is 12.4 Å². The number of benzene rings is 1. The Bertz CT molecular complexity index is 553. The van der Waals surface area contributed by atoms with Crippen molar-refractivity contribution in [2.24, 2.45) is 0 Å². The summed E-state index contributed by atoms with van der Waals surface area (Å²) in [5, 5.41) is 0. The van der Waals surface area contributed by atoms with E-state index in [0.717, 1.165) is 0 Å². The van der Waals surface area contributed by atoms with Gasteiger partial charge in [0.05, 0.1) is 4.90 Å². The molecule has 82 valence electrons. The van der Waals surface area contributed by atoms with Gasteiger partial charge < -0.3 is 0 Å². The van der Waals surface area contributed by atoms with Crippen LogP contribution in [0.5, 0.6) is 0 Å². The average Bonchev–Trinajstić information content (AvgIpc) is 2.31. The van der Waals surface area contributed by atoms with Crippen molar-refractivity contribution in [1.82, 2.24) is 9.97 Å². The van der Waals surface area contributed by atoms with Gasteiger partial charge in [-0.2, -0.15) is 0 Å². The van der Waals surface area contributed by atoms with Crippen LogP contribution in [0, 0.1) is 0 Å². The number of nitrogens with zero attached hydrogens (tertiary/aromatic N) is 2. The summed E-state index contributed by atoms with van der Waals surface area (Å²) < 4.78 is 23.8. The van der Waals surface area contributed by atoms with Crippen LogP contribution in [-0.2, 0) is 15.6 Å². The Kier molecular flexibility index (Phi) is 2.96. The molecule has 0 saturated carbocycles. The van der Waals surface area contributed by atoms with Gasteiger partial charge in [0.2, 0.25) is 0 Å². The maximum absolute atomic E-state index is 11.9. The SMILES string of the molecule is O=S(=O)(Cc1ncccn1)c1ccccc1. The third kappa shape index (κ3) is 2.43. The zero-order valence-electron chi connectivity index (χ0n) is 8.45. The lowest BCUT2D eigenvalue weighted by Gasteiger charge is -2.02. The molecule has 1 heterocycles. The van der Waals surface area contributed by atoms with E-state index in [1.807, 2.05) is 0 Å². The summed E-state index contributed by atoms with van der Waals surface area (Å²) in [5.74, 6) is 0.143. The van der Waals surface area contributed by atoms with Crippen molar-refractivity contribution in [3.05, 3.63) is 54.6 Å². The third-order valence-corrected chi connectivity index (χ3v) is 3.67. The number of rotatable bonds is 3. The maximum Gasteiger partial charge on any atom is 0.185 e. The van der Waals surface area contributed by atoms with Crippen LogP contribution in [0.3, 0.4) is 0 Å². The van der Waals surface area contributed by atoms with E-state index >= 15 is 0 Å². The van der Waals surface area contributed by atoms with E-state index in [2.05, 4.69) is 9.97 Å². The van der Waals surface area contributed by atoms with Crippen molar-refractivity contribution in [2.45, 2.75) is 10.6 Å². The first kappa shape index (κ1) is 10.8. The van der Waals surface area contributed by atoms with E-state index in [-0.39, 0.29) is 5.75 Å². The molecule has 0 radical (unpaired) electrons. The zero-order valence-corrected chi connectivity index (χ0v) is 9.26. The quantitative estimate of drug-likeness (QED) is 0.806. The van der Waals surface area contributed by atoms with Crippen LogP contribution < -0.4 is 0 Å². The molecule has 0 bridgehead atoms. The molecule has 0 spiro atoms. The second kappa shape index (κ2) is 4.40. The number of hydrogen-bond donors (Lipinski definition) is 0. The van der Waals surface area contributed by atoms with Gasteiger partial charge in [-0.25, -0.2) is 18.4 Å². The molecule has 0 saturated heterocycles. The molecule has 16 heavy (non-hydrogen) atoms. The Morgan fingerprint density at radius 1 is 0.938 bits per heavy atom. The fourth-order valence-electron chi connectivity index (χ4n) is 1.29. The first-order chi connectivity index (χ1) is 7.68. The van der Waals surface area contributed by atoms with Gasteiger partial charge >= 0.3 is 0 Å². The normalized spacial score (nSPS) is 11.2. The van der Waals surface area contributed by atoms with Gasteiger partial charge in [-0.05, 0) is 18.2 Å². The molecule has 5 heteroatoms.